The van der Waals surface area contributed by atoms with Gasteiger partial charge in [-0.05, 0) is 41.8 Å². The fourth-order valence-corrected chi connectivity index (χ4v) is 5.41. The second-order valence-corrected chi connectivity index (χ2v) is 11.0. The van der Waals surface area contributed by atoms with E-state index < -0.39 is 7.37 Å². The molecule has 2 atom stereocenters. The van der Waals surface area contributed by atoms with Crippen LogP contribution in [0.25, 0.3) is 22.0 Å². The molecule has 0 bridgehead atoms. The molecule has 4 rings (SSSR count). The number of aliphatic hydroxyl groups excluding tert-OH is 1. The number of anilines is 1. The Morgan fingerprint density at radius 3 is 2.63 bits per heavy atom. The quantitative estimate of drug-likeness (QED) is 0.437. The normalized spacial score (nSPS) is 19.5. The number of nitrogens with zero attached hydrogens (tertiary/aromatic N) is 1. The van der Waals surface area contributed by atoms with Crippen molar-refractivity contribution < 1.29 is 14.6 Å². The van der Waals surface area contributed by atoms with E-state index in [1.165, 1.54) is 18.4 Å². The van der Waals surface area contributed by atoms with Crippen LogP contribution in [0.3, 0.4) is 0 Å². The van der Waals surface area contributed by atoms with Gasteiger partial charge in [0, 0.05) is 47.4 Å². The average Bonchev–Trinajstić information content (AvgIpc) is 3.25. The lowest BCUT2D eigenvalue weighted by Crippen LogP contribution is -2.20. The number of benzene rings is 2. The Balaban J connectivity index is 1.59. The molecule has 0 spiro atoms. The Morgan fingerprint density at radius 2 is 1.96 bits per heavy atom. The third-order valence-electron chi connectivity index (χ3n) is 4.83. The molecule has 3 aromatic rings. The number of rotatable bonds is 5. The van der Waals surface area contributed by atoms with Crippen molar-refractivity contribution >= 4 is 35.7 Å². The fraction of sp³-hybridized carbons (Fsp3) is 0.300. The van der Waals surface area contributed by atoms with Gasteiger partial charge in [0.1, 0.15) is 0 Å². The molecule has 2 aromatic carbocycles. The number of nitrogens with one attached hydrogen (secondary N) is 1. The minimum Gasteiger partial charge on any atom is -0.391 e. The Kier molecular flexibility index (Phi) is 5.08. The maximum atomic E-state index is 11.6. The Morgan fingerprint density at radius 1 is 1.22 bits per heavy atom. The number of aliphatic hydroxyl groups is 1. The first kappa shape index (κ1) is 18.6. The highest BCUT2D eigenvalue weighted by Gasteiger charge is 2.20. The molecular weight excluding hydrogens is 379 g/mol. The van der Waals surface area contributed by atoms with E-state index >= 15 is 0 Å². The zero-order valence-electron chi connectivity index (χ0n) is 15.1. The molecule has 27 heavy (non-hydrogen) atoms. The zero-order chi connectivity index (χ0) is 19.0. The molecule has 0 radical (unpaired) electrons. The van der Waals surface area contributed by atoms with Gasteiger partial charge in [-0.1, -0.05) is 18.2 Å². The predicted octanol–water partition coefficient (Wildman–Crippen LogP) is 4.36. The molecular formula is C20H23N2O3PS. The maximum absolute atomic E-state index is 11.6. The van der Waals surface area contributed by atoms with Crippen molar-refractivity contribution in [3.05, 3.63) is 48.7 Å². The smallest absolute Gasteiger partial charge is 0.207 e. The molecule has 1 aliphatic rings. The van der Waals surface area contributed by atoms with Crippen molar-refractivity contribution in [1.29, 1.82) is 0 Å². The van der Waals surface area contributed by atoms with E-state index in [2.05, 4.69) is 46.3 Å². The Labute approximate surface area is 162 Å². The van der Waals surface area contributed by atoms with Crippen molar-refractivity contribution in [1.82, 2.24) is 4.98 Å². The van der Waals surface area contributed by atoms with E-state index in [-0.39, 0.29) is 11.6 Å². The third kappa shape index (κ3) is 4.25. The molecule has 1 saturated heterocycles. The summed E-state index contributed by atoms with van der Waals surface area (Å²) in [5, 5.41) is 10.8. The maximum Gasteiger partial charge on any atom is 0.207 e. The van der Waals surface area contributed by atoms with Crippen molar-refractivity contribution in [3.63, 3.8) is 0 Å². The van der Waals surface area contributed by atoms with Gasteiger partial charge in [-0.25, -0.2) is 0 Å². The summed E-state index contributed by atoms with van der Waals surface area (Å²) in [6.45, 7) is 2.98. The monoisotopic (exact) mass is 402 g/mol. The van der Waals surface area contributed by atoms with Gasteiger partial charge in [-0.2, -0.15) is 0 Å². The van der Waals surface area contributed by atoms with Crippen LogP contribution in [0.2, 0.25) is 0 Å². The summed E-state index contributed by atoms with van der Waals surface area (Å²) < 4.78 is 11.6. The molecule has 0 saturated carbocycles. The fourth-order valence-electron chi connectivity index (χ4n) is 3.42. The van der Waals surface area contributed by atoms with Gasteiger partial charge in [-0.15, -0.1) is 11.8 Å². The van der Waals surface area contributed by atoms with E-state index in [1.54, 1.807) is 0 Å². The number of thioether (sulfide) groups is 1. The lowest BCUT2D eigenvalue weighted by Gasteiger charge is -2.18. The zero-order valence-corrected chi connectivity index (χ0v) is 16.8. The van der Waals surface area contributed by atoms with E-state index in [1.807, 2.05) is 12.3 Å². The van der Waals surface area contributed by atoms with Crippen molar-refractivity contribution in [2.24, 2.45) is 0 Å². The number of H-pyrrole nitrogens is 1. The minimum absolute atomic E-state index is 0.209. The van der Waals surface area contributed by atoms with E-state index in [9.17, 15) is 14.6 Å². The highest BCUT2D eigenvalue weighted by Crippen LogP contribution is 2.43. The first-order valence-corrected chi connectivity index (χ1v) is 12.2. The summed E-state index contributed by atoms with van der Waals surface area (Å²) in [6, 6.07) is 14.7. The van der Waals surface area contributed by atoms with Crippen LogP contribution in [-0.4, -0.2) is 46.3 Å². The van der Waals surface area contributed by atoms with Crippen LogP contribution in [0.4, 0.5) is 5.69 Å². The molecule has 5 nitrogen and oxygen atoms in total. The lowest BCUT2D eigenvalue weighted by atomic mass is 10.0. The Bertz CT molecular complexity index is 996. The first-order chi connectivity index (χ1) is 12.9. The van der Waals surface area contributed by atoms with Crippen LogP contribution in [0.1, 0.15) is 6.42 Å². The van der Waals surface area contributed by atoms with Crippen molar-refractivity contribution in [2.45, 2.75) is 17.4 Å². The molecule has 3 N–H and O–H groups in total. The molecule has 2 heterocycles. The second kappa shape index (κ2) is 7.36. The van der Waals surface area contributed by atoms with Crippen LogP contribution in [0.15, 0.2) is 53.6 Å². The standard InChI is InChI=1S/C20H23N2O3PS/c1-26(24,25)13-27-20-11-21-19-7-4-15(10-18(19)20)14-2-5-16(6-3-14)22-9-8-17(23)12-22/h2-7,10-11,17,21,23H,8-9,12-13H2,1H3,(H,24,25)/t17-/m0/s1. The summed E-state index contributed by atoms with van der Waals surface area (Å²) >= 11 is 1.41. The highest BCUT2D eigenvalue weighted by molar-refractivity contribution is 8.05. The molecule has 7 heteroatoms. The number of hydrogen-bond acceptors (Lipinski definition) is 4. The van der Waals surface area contributed by atoms with Crippen LogP contribution >= 0.6 is 19.1 Å². The number of β-amino-alcohol motifs (C(OH)–C–C–N with tert-alkyl or cyclic N) is 1. The molecule has 142 valence electrons. The number of hydrogen-bond donors (Lipinski definition) is 3. The van der Waals surface area contributed by atoms with Crippen LogP contribution in [-0.2, 0) is 4.57 Å². The molecule has 1 aromatic heterocycles. The summed E-state index contributed by atoms with van der Waals surface area (Å²) in [4.78, 5) is 16.0. The van der Waals surface area contributed by atoms with Crippen LogP contribution in [0, 0.1) is 0 Å². The molecule has 1 fully saturated rings. The number of aromatic amines is 1. The van der Waals surface area contributed by atoms with Crippen molar-refractivity contribution in [2.75, 3.05) is 30.1 Å². The third-order valence-corrected chi connectivity index (χ3v) is 7.91. The highest BCUT2D eigenvalue weighted by atomic mass is 32.2. The van der Waals surface area contributed by atoms with E-state index in [0.29, 0.717) is 6.54 Å². The molecule has 0 amide bonds. The molecule has 1 unspecified atom stereocenters. The average molecular weight is 402 g/mol. The summed E-state index contributed by atoms with van der Waals surface area (Å²) in [6.07, 6.45) is 2.50. The van der Waals surface area contributed by atoms with Gasteiger partial charge in [0.2, 0.25) is 7.37 Å². The van der Waals surface area contributed by atoms with Gasteiger partial charge in [0.15, 0.2) is 0 Å². The second-order valence-electron chi connectivity index (χ2n) is 7.17. The van der Waals surface area contributed by atoms with E-state index in [0.717, 1.165) is 45.6 Å². The molecule has 1 aliphatic heterocycles. The van der Waals surface area contributed by atoms with Gasteiger partial charge in [-0.3, -0.25) is 4.57 Å². The van der Waals surface area contributed by atoms with Crippen LogP contribution in [0.5, 0.6) is 0 Å². The topological polar surface area (TPSA) is 76.6 Å². The number of fused-ring (bicyclic) bond motifs is 1. The summed E-state index contributed by atoms with van der Waals surface area (Å²) in [5.74, 6) is 0. The van der Waals surface area contributed by atoms with Crippen LogP contribution < -0.4 is 4.90 Å². The summed E-state index contributed by atoms with van der Waals surface area (Å²) in [7, 11) is -3.05. The van der Waals surface area contributed by atoms with E-state index in [4.69, 9.17) is 0 Å². The summed E-state index contributed by atoms with van der Waals surface area (Å²) in [5.41, 5.74) is 4.60. The van der Waals surface area contributed by atoms with Crippen molar-refractivity contribution in [3.8, 4) is 11.1 Å². The Hall–Kier alpha value is -1.72. The van der Waals surface area contributed by atoms with Gasteiger partial charge in [0.05, 0.1) is 11.6 Å². The van der Waals surface area contributed by atoms with Gasteiger partial charge >= 0.3 is 0 Å². The largest absolute Gasteiger partial charge is 0.391 e. The van der Waals surface area contributed by atoms with Gasteiger partial charge < -0.3 is 19.9 Å². The lowest BCUT2D eigenvalue weighted by molar-refractivity contribution is 0.198. The number of aromatic nitrogens is 1. The predicted molar refractivity (Wildman–Crippen MR) is 113 cm³/mol. The van der Waals surface area contributed by atoms with Gasteiger partial charge in [0.25, 0.3) is 0 Å². The molecule has 0 aliphatic carbocycles. The minimum atomic E-state index is -3.05. The first-order valence-electron chi connectivity index (χ1n) is 8.96. The SMILES string of the molecule is CP(=O)(O)CSc1c[nH]c2ccc(-c3ccc(N4CC[C@H](O)C4)cc3)cc12.